The summed E-state index contributed by atoms with van der Waals surface area (Å²) in [7, 11) is -6.56. The first-order valence-corrected chi connectivity index (χ1v) is 24.5. The summed E-state index contributed by atoms with van der Waals surface area (Å²) < 4.78 is 27.6. The predicted octanol–water partition coefficient (Wildman–Crippen LogP) is 8.98. The van der Waals surface area contributed by atoms with Crippen molar-refractivity contribution in [2.75, 3.05) is 6.61 Å². The minimum absolute atomic E-state index is 0.000837. The number of thioether (sulfide) groups is 1. The Hall–Kier alpha value is 0.0206. The maximum Gasteiger partial charge on any atom is 0.192 e. The predicted molar refractivity (Wildman–Crippen MR) is 179 cm³/mol. The molecule has 0 aromatic heterocycles. The highest BCUT2D eigenvalue weighted by Gasteiger charge is 2.54. The third kappa shape index (κ3) is 8.78. The maximum absolute atomic E-state index is 12.0. The summed E-state index contributed by atoms with van der Waals surface area (Å²) in [5.74, 6) is 0. The van der Waals surface area contributed by atoms with Gasteiger partial charge in [0.1, 0.15) is 29.9 Å². The Morgan fingerprint density at radius 2 is 1.15 bits per heavy atom. The zero-order valence-electron chi connectivity index (χ0n) is 28.4. The minimum atomic E-state index is -2.27. The Labute approximate surface area is 253 Å². The Balaban J connectivity index is 2.58. The Morgan fingerprint density at radius 1 is 0.725 bits per heavy atom. The van der Waals surface area contributed by atoms with Gasteiger partial charge in [-0.25, -0.2) is 0 Å². The third-order valence-corrected chi connectivity index (χ3v) is 24.4. The van der Waals surface area contributed by atoms with Gasteiger partial charge in [0.25, 0.3) is 0 Å². The van der Waals surface area contributed by atoms with Crippen molar-refractivity contribution in [2.24, 2.45) is 0 Å². The average molecular weight is 629 g/mol. The smallest absolute Gasteiger partial charge is 0.192 e. The highest BCUT2D eigenvalue weighted by atomic mass is 32.2. The standard InChI is InChI=1S/C31H60O5SSi3/c1-22-17-19-23(20-18-22)37-28-27(36-40(15,16)31(8,9)10)26(35-39(13,14)30(5,6)7)25(32)24(34-28)21-33-38(11,12)29(2,3)4/h17-20,24-28,32H,21H2,1-16H3/t24-,25+,26+,27-,28+/m1/s1. The topological polar surface area (TPSA) is 57.2 Å². The Bertz CT molecular complexity index is 961. The number of aryl methyl sites for hydroxylation is 1. The van der Waals surface area contributed by atoms with Crippen LogP contribution in [0.15, 0.2) is 29.2 Å². The molecule has 0 saturated carbocycles. The van der Waals surface area contributed by atoms with Crippen LogP contribution >= 0.6 is 11.8 Å². The molecule has 1 aliphatic heterocycles. The lowest BCUT2D eigenvalue weighted by atomic mass is 10.0. The van der Waals surface area contributed by atoms with E-state index < -0.39 is 49.4 Å². The van der Waals surface area contributed by atoms with Gasteiger partial charge in [0.2, 0.25) is 0 Å². The van der Waals surface area contributed by atoms with E-state index in [-0.39, 0.29) is 20.6 Å². The number of hydrogen-bond acceptors (Lipinski definition) is 6. The van der Waals surface area contributed by atoms with E-state index in [9.17, 15) is 5.11 Å². The molecule has 1 saturated heterocycles. The fourth-order valence-electron chi connectivity index (χ4n) is 3.67. The molecule has 0 spiro atoms. The van der Waals surface area contributed by atoms with Crippen molar-refractivity contribution in [1.82, 2.24) is 0 Å². The van der Waals surface area contributed by atoms with Crippen LogP contribution in [0.25, 0.3) is 0 Å². The number of ether oxygens (including phenoxy) is 1. The molecule has 1 aliphatic rings. The third-order valence-electron chi connectivity index (χ3n) is 9.78. The van der Waals surface area contributed by atoms with E-state index in [0.29, 0.717) is 6.61 Å². The summed E-state index contributed by atoms with van der Waals surface area (Å²) in [5, 5.41) is 12.0. The second-order valence-electron chi connectivity index (χ2n) is 16.2. The van der Waals surface area contributed by atoms with Crippen molar-refractivity contribution < 1.29 is 23.1 Å². The van der Waals surface area contributed by atoms with Crippen molar-refractivity contribution in [3.63, 3.8) is 0 Å². The van der Waals surface area contributed by atoms with Crippen LogP contribution in [0.4, 0.5) is 0 Å². The van der Waals surface area contributed by atoms with Crippen molar-refractivity contribution in [3.8, 4) is 0 Å². The molecule has 0 amide bonds. The first kappa shape index (κ1) is 36.2. The number of aliphatic hydroxyl groups excluding tert-OH is 1. The van der Waals surface area contributed by atoms with E-state index in [1.165, 1.54) is 5.56 Å². The molecule has 1 aromatic rings. The van der Waals surface area contributed by atoms with Crippen molar-refractivity contribution in [3.05, 3.63) is 29.8 Å². The van der Waals surface area contributed by atoms with E-state index >= 15 is 0 Å². The zero-order chi connectivity index (χ0) is 31.1. The molecule has 1 aromatic carbocycles. The Morgan fingerprint density at radius 3 is 1.57 bits per heavy atom. The summed E-state index contributed by atoms with van der Waals surface area (Å²) in [6, 6.07) is 8.54. The van der Waals surface area contributed by atoms with Gasteiger partial charge in [0, 0.05) is 4.90 Å². The molecule has 9 heteroatoms. The largest absolute Gasteiger partial charge is 0.414 e. The number of aliphatic hydroxyl groups is 1. The van der Waals surface area contributed by atoms with Gasteiger partial charge in [0.05, 0.1) is 6.61 Å². The highest BCUT2D eigenvalue weighted by Crippen LogP contribution is 2.46. The van der Waals surface area contributed by atoms with Gasteiger partial charge in [-0.15, -0.1) is 0 Å². The molecule has 0 unspecified atom stereocenters. The van der Waals surface area contributed by atoms with E-state index in [1.807, 2.05) is 0 Å². The first-order valence-electron chi connectivity index (χ1n) is 14.9. The van der Waals surface area contributed by atoms with Gasteiger partial charge in [-0.3, -0.25) is 0 Å². The van der Waals surface area contributed by atoms with Crippen LogP contribution < -0.4 is 0 Å². The van der Waals surface area contributed by atoms with Gasteiger partial charge in [-0.05, 0) is 73.5 Å². The van der Waals surface area contributed by atoms with Crippen LogP contribution in [0.3, 0.4) is 0 Å². The number of benzene rings is 1. The highest BCUT2D eigenvalue weighted by molar-refractivity contribution is 7.99. The van der Waals surface area contributed by atoms with Gasteiger partial charge >= 0.3 is 0 Å². The van der Waals surface area contributed by atoms with Crippen molar-refractivity contribution in [1.29, 1.82) is 0 Å². The second-order valence-corrected chi connectivity index (χ2v) is 31.7. The molecular formula is C31H60O5SSi3. The molecule has 0 radical (unpaired) electrons. The molecule has 5 atom stereocenters. The maximum atomic E-state index is 12.0. The Kier molecular flexibility index (Phi) is 11.4. The van der Waals surface area contributed by atoms with Crippen molar-refractivity contribution >= 4 is 36.7 Å². The lowest BCUT2D eigenvalue weighted by molar-refractivity contribution is -0.196. The SMILES string of the molecule is Cc1ccc(S[C@@H]2O[C@H](CO[Si](C)(C)C(C)(C)C)[C@H](O)[C@H](O[Si](C)(C)C(C)(C)C)[C@H]2O[Si](C)(C)C(C)(C)C)cc1. The molecule has 1 N–H and O–H groups in total. The monoisotopic (exact) mass is 628 g/mol. The molecule has 2 rings (SSSR count). The fraction of sp³-hybridized carbons (Fsp3) is 0.806. The zero-order valence-corrected chi connectivity index (χ0v) is 32.2. The molecule has 1 fully saturated rings. The summed E-state index contributed by atoms with van der Waals surface area (Å²) in [6.07, 6.45) is -2.30. The molecule has 0 bridgehead atoms. The lowest BCUT2D eigenvalue weighted by Gasteiger charge is -2.52. The van der Waals surface area contributed by atoms with Gasteiger partial charge in [0.15, 0.2) is 25.0 Å². The summed E-state index contributed by atoms with van der Waals surface area (Å²) in [4.78, 5) is 1.12. The van der Waals surface area contributed by atoms with Gasteiger partial charge < -0.3 is 23.1 Å². The lowest BCUT2D eigenvalue weighted by Crippen LogP contribution is -2.65. The van der Waals surface area contributed by atoms with E-state index in [2.05, 4.69) is 133 Å². The quantitative estimate of drug-likeness (QED) is 0.276. The van der Waals surface area contributed by atoms with E-state index in [4.69, 9.17) is 18.0 Å². The molecule has 232 valence electrons. The van der Waals surface area contributed by atoms with Crippen LogP contribution in [0, 0.1) is 6.92 Å². The first-order chi connectivity index (χ1) is 17.8. The fourth-order valence-corrected chi connectivity index (χ4v) is 8.49. The number of hydrogen-bond donors (Lipinski definition) is 1. The van der Waals surface area contributed by atoms with E-state index in [0.717, 1.165) is 4.90 Å². The van der Waals surface area contributed by atoms with Crippen LogP contribution in [-0.4, -0.2) is 66.5 Å². The van der Waals surface area contributed by atoms with Crippen LogP contribution in [0.5, 0.6) is 0 Å². The van der Waals surface area contributed by atoms with Crippen LogP contribution in [0.2, 0.25) is 54.4 Å². The van der Waals surface area contributed by atoms with Crippen LogP contribution in [-0.2, 0) is 18.0 Å². The second kappa shape index (κ2) is 12.6. The summed E-state index contributed by atoms with van der Waals surface area (Å²) in [6.45, 7) is 36.1. The summed E-state index contributed by atoms with van der Waals surface area (Å²) in [5.41, 5.74) is 0.876. The molecule has 5 nitrogen and oxygen atoms in total. The van der Waals surface area contributed by atoms with Crippen molar-refractivity contribution in [2.45, 2.75) is 158 Å². The van der Waals surface area contributed by atoms with E-state index in [1.54, 1.807) is 11.8 Å². The molecule has 40 heavy (non-hydrogen) atoms. The average Bonchev–Trinajstić information content (AvgIpc) is 2.76. The van der Waals surface area contributed by atoms with Crippen LogP contribution in [0.1, 0.15) is 67.9 Å². The molecular weight excluding hydrogens is 569 g/mol. The number of rotatable bonds is 9. The molecule has 0 aliphatic carbocycles. The normalized spacial score (nSPS) is 25.8. The summed E-state index contributed by atoms with van der Waals surface area (Å²) >= 11 is 1.67. The van der Waals surface area contributed by atoms with Gasteiger partial charge in [-0.1, -0.05) is 91.8 Å². The van der Waals surface area contributed by atoms with Gasteiger partial charge in [-0.2, -0.15) is 0 Å². The molecule has 1 heterocycles. The minimum Gasteiger partial charge on any atom is -0.414 e.